The van der Waals surface area contributed by atoms with Crippen LogP contribution in [0.2, 0.25) is 5.28 Å². The van der Waals surface area contributed by atoms with Gasteiger partial charge in [0.2, 0.25) is 11.2 Å². The minimum atomic E-state index is -0.504. The molecule has 1 fully saturated rings. The third-order valence-corrected chi connectivity index (χ3v) is 3.02. The average Bonchev–Trinajstić information content (AvgIpc) is 2.79. The third-order valence-electron chi connectivity index (χ3n) is 2.84. The Morgan fingerprint density at radius 1 is 1.53 bits per heavy atom. The number of methoxy groups -OCH3 is 2. The second-order valence-electron chi connectivity index (χ2n) is 3.96. The van der Waals surface area contributed by atoms with E-state index < -0.39 is 11.9 Å². The van der Waals surface area contributed by atoms with Crippen LogP contribution in [0.15, 0.2) is 6.20 Å². The Labute approximate surface area is 114 Å². The maximum absolute atomic E-state index is 11.9. The number of halogens is 1. The largest absolute Gasteiger partial charge is 0.491 e. The highest BCUT2D eigenvalue weighted by atomic mass is 35.5. The van der Waals surface area contributed by atoms with Crippen molar-refractivity contribution < 1.29 is 19.1 Å². The lowest BCUT2D eigenvalue weighted by Crippen LogP contribution is -2.27. The van der Waals surface area contributed by atoms with Crippen molar-refractivity contribution in [2.24, 2.45) is 5.92 Å². The summed E-state index contributed by atoms with van der Waals surface area (Å²) in [5, 5.41) is 0.00474. The fraction of sp³-hybridized carbons (Fsp3) is 0.455. The minimum Gasteiger partial charge on any atom is -0.491 e. The lowest BCUT2D eigenvalue weighted by atomic mass is 10.1. The number of hydrogen-bond donors (Lipinski definition) is 0. The summed E-state index contributed by atoms with van der Waals surface area (Å²) in [7, 11) is 2.73. The molecule has 2 heterocycles. The van der Waals surface area contributed by atoms with Crippen LogP contribution in [0.1, 0.15) is 6.42 Å². The number of aromatic nitrogens is 2. The van der Waals surface area contributed by atoms with E-state index in [2.05, 4.69) is 14.7 Å². The van der Waals surface area contributed by atoms with Crippen molar-refractivity contribution in [3.05, 3.63) is 11.5 Å². The zero-order chi connectivity index (χ0) is 14.0. The predicted octanol–water partition coefficient (Wildman–Crippen LogP) is 0.664. The summed E-state index contributed by atoms with van der Waals surface area (Å²) >= 11 is 5.72. The van der Waals surface area contributed by atoms with Gasteiger partial charge < -0.3 is 9.47 Å². The molecular formula is C11H12ClN3O4. The number of esters is 1. The number of nitrogens with zero attached hydrogens (tertiary/aromatic N) is 3. The van der Waals surface area contributed by atoms with Crippen LogP contribution >= 0.6 is 11.6 Å². The highest BCUT2D eigenvalue weighted by Crippen LogP contribution is 2.31. The van der Waals surface area contributed by atoms with E-state index in [-0.39, 0.29) is 30.0 Å². The van der Waals surface area contributed by atoms with Crippen LogP contribution in [0.25, 0.3) is 0 Å². The molecule has 8 heteroatoms. The van der Waals surface area contributed by atoms with Gasteiger partial charge in [0.05, 0.1) is 26.3 Å². The summed E-state index contributed by atoms with van der Waals surface area (Å²) in [5.41, 5.74) is 0. The molecule has 1 aliphatic heterocycles. The van der Waals surface area contributed by atoms with Crippen molar-refractivity contribution in [1.82, 2.24) is 9.97 Å². The van der Waals surface area contributed by atoms with E-state index in [4.69, 9.17) is 16.3 Å². The van der Waals surface area contributed by atoms with Crippen molar-refractivity contribution >= 4 is 29.3 Å². The van der Waals surface area contributed by atoms with Gasteiger partial charge in [-0.05, 0) is 11.6 Å². The Kier molecular flexibility index (Phi) is 3.84. The van der Waals surface area contributed by atoms with Crippen molar-refractivity contribution in [2.45, 2.75) is 6.42 Å². The van der Waals surface area contributed by atoms with Crippen LogP contribution in [0.3, 0.4) is 0 Å². The predicted molar refractivity (Wildman–Crippen MR) is 66.1 cm³/mol. The number of carbonyl (C=O) groups excluding carboxylic acids is 2. The van der Waals surface area contributed by atoms with Gasteiger partial charge in [0, 0.05) is 13.0 Å². The van der Waals surface area contributed by atoms with Gasteiger partial charge in [-0.15, -0.1) is 0 Å². The zero-order valence-electron chi connectivity index (χ0n) is 10.4. The van der Waals surface area contributed by atoms with Crippen LogP contribution in [0.5, 0.6) is 5.75 Å². The summed E-state index contributed by atoms with van der Waals surface area (Å²) < 4.78 is 9.73. The van der Waals surface area contributed by atoms with Crippen LogP contribution in [0.4, 0.5) is 5.82 Å². The van der Waals surface area contributed by atoms with Gasteiger partial charge >= 0.3 is 5.97 Å². The maximum atomic E-state index is 11.9. The molecule has 7 nitrogen and oxygen atoms in total. The molecule has 1 aliphatic rings. The summed E-state index contributed by atoms with van der Waals surface area (Å²) in [5.74, 6) is -0.573. The number of rotatable bonds is 3. The molecule has 102 valence electrons. The maximum Gasteiger partial charge on any atom is 0.311 e. The van der Waals surface area contributed by atoms with Crippen molar-refractivity contribution in [1.29, 1.82) is 0 Å². The van der Waals surface area contributed by atoms with E-state index >= 15 is 0 Å². The van der Waals surface area contributed by atoms with Crippen LogP contribution in [-0.4, -0.2) is 42.6 Å². The van der Waals surface area contributed by atoms with E-state index in [0.717, 1.165) is 0 Å². The van der Waals surface area contributed by atoms with E-state index in [1.807, 2.05) is 0 Å². The molecule has 2 rings (SSSR count). The van der Waals surface area contributed by atoms with Crippen LogP contribution < -0.4 is 9.64 Å². The first-order valence-electron chi connectivity index (χ1n) is 5.51. The van der Waals surface area contributed by atoms with E-state index in [1.165, 1.54) is 25.3 Å². The molecule has 19 heavy (non-hydrogen) atoms. The minimum absolute atomic E-state index is 0.00474. The van der Waals surface area contributed by atoms with E-state index in [0.29, 0.717) is 5.75 Å². The molecule has 0 aliphatic carbocycles. The molecule has 0 radical (unpaired) electrons. The van der Waals surface area contributed by atoms with Crippen molar-refractivity contribution in [3.63, 3.8) is 0 Å². The fourth-order valence-corrected chi connectivity index (χ4v) is 2.04. The molecule has 0 spiro atoms. The quantitative estimate of drug-likeness (QED) is 0.599. The van der Waals surface area contributed by atoms with E-state index in [9.17, 15) is 9.59 Å². The number of amides is 1. The summed E-state index contributed by atoms with van der Waals surface area (Å²) in [6, 6.07) is 0. The highest BCUT2D eigenvalue weighted by molar-refractivity contribution is 6.28. The zero-order valence-corrected chi connectivity index (χ0v) is 11.2. The smallest absolute Gasteiger partial charge is 0.311 e. The van der Waals surface area contributed by atoms with Gasteiger partial charge in [-0.3, -0.25) is 14.5 Å². The molecule has 1 unspecified atom stereocenters. The Balaban J connectivity index is 2.30. The number of hydrogen-bond acceptors (Lipinski definition) is 6. The lowest BCUT2D eigenvalue weighted by Gasteiger charge is -2.17. The molecule has 0 saturated carbocycles. The molecular weight excluding hydrogens is 274 g/mol. The Morgan fingerprint density at radius 3 is 2.89 bits per heavy atom. The first kappa shape index (κ1) is 13.5. The van der Waals surface area contributed by atoms with Gasteiger partial charge in [0.25, 0.3) is 0 Å². The van der Waals surface area contributed by atoms with Gasteiger partial charge in [0.15, 0.2) is 11.6 Å². The molecule has 1 atom stereocenters. The lowest BCUT2D eigenvalue weighted by molar-refractivity contribution is -0.145. The Bertz CT molecular complexity index is 523. The van der Waals surface area contributed by atoms with Crippen molar-refractivity contribution in [2.75, 3.05) is 25.7 Å². The van der Waals surface area contributed by atoms with Crippen LogP contribution in [0, 0.1) is 5.92 Å². The topological polar surface area (TPSA) is 81.6 Å². The molecule has 0 N–H and O–H groups in total. The molecule has 1 amide bonds. The molecule has 1 saturated heterocycles. The average molecular weight is 286 g/mol. The second kappa shape index (κ2) is 5.40. The van der Waals surface area contributed by atoms with Crippen molar-refractivity contribution in [3.8, 4) is 5.75 Å². The second-order valence-corrected chi connectivity index (χ2v) is 4.30. The molecule has 0 bridgehead atoms. The standard InChI is InChI=1S/C11H12ClN3O4/c1-18-7-4-13-11(12)14-9(7)15-5-6(3-8(15)16)10(17)19-2/h4,6H,3,5H2,1-2H3. The van der Waals surface area contributed by atoms with Gasteiger partial charge in [-0.1, -0.05) is 0 Å². The normalized spacial score (nSPS) is 18.6. The molecule has 1 aromatic rings. The Morgan fingerprint density at radius 2 is 2.26 bits per heavy atom. The number of carbonyl (C=O) groups is 2. The highest BCUT2D eigenvalue weighted by Gasteiger charge is 2.37. The molecule has 0 aromatic carbocycles. The van der Waals surface area contributed by atoms with E-state index in [1.54, 1.807) is 0 Å². The van der Waals surface area contributed by atoms with Gasteiger partial charge in [0.1, 0.15) is 0 Å². The first-order chi connectivity index (χ1) is 9.06. The van der Waals surface area contributed by atoms with Gasteiger partial charge in [-0.25, -0.2) is 4.98 Å². The van der Waals surface area contributed by atoms with Crippen LogP contribution in [-0.2, 0) is 14.3 Å². The monoisotopic (exact) mass is 285 g/mol. The summed E-state index contributed by atoms with van der Waals surface area (Å²) in [6.45, 7) is 0.190. The number of anilines is 1. The molecule has 1 aromatic heterocycles. The van der Waals surface area contributed by atoms with Gasteiger partial charge in [-0.2, -0.15) is 4.98 Å². The fourth-order valence-electron chi connectivity index (χ4n) is 1.92. The summed E-state index contributed by atoms with van der Waals surface area (Å²) in [6.07, 6.45) is 1.46. The third kappa shape index (κ3) is 2.60. The first-order valence-corrected chi connectivity index (χ1v) is 5.89. The summed E-state index contributed by atoms with van der Waals surface area (Å²) in [4.78, 5) is 32.5. The Hall–Kier alpha value is -1.89. The SMILES string of the molecule is COC(=O)C1CC(=O)N(c2nc(Cl)ncc2OC)C1. The number of ether oxygens (including phenoxy) is 2.